The minimum atomic E-state index is -1.58. The number of aliphatic hydroxyl groups excluding tert-OH is 5. The number of unbranched alkanes of at least 4 members (excludes halogenated alkanes) is 32. The summed E-state index contributed by atoms with van der Waals surface area (Å²) in [7, 11) is 0. The summed E-state index contributed by atoms with van der Waals surface area (Å²) >= 11 is 0. The average molecular weight is 1070 g/mol. The van der Waals surface area contributed by atoms with Crippen LogP contribution in [0.1, 0.15) is 277 Å². The van der Waals surface area contributed by atoms with E-state index >= 15 is 0 Å². The van der Waals surface area contributed by atoms with Crippen LogP contribution in [-0.2, 0) is 14.3 Å². The highest BCUT2D eigenvalue weighted by atomic mass is 16.7. The SMILES string of the molecule is CC/C=C\C/C=C\C/C=C\C/C=C\CCCCCCCCCCCCCCCCCCCCCCCCCCCCCCC(=O)NC(COC1OC(CO)C(O)C(O)C1O)C(O)/C=C/CC/C=C/CC/C=C/CCCC. The molecule has 0 bridgehead atoms. The van der Waals surface area contributed by atoms with Gasteiger partial charge in [0, 0.05) is 6.42 Å². The molecule has 0 spiro atoms. The number of carbonyl (C=O) groups is 1. The molecule has 9 nitrogen and oxygen atoms in total. The van der Waals surface area contributed by atoms with Crippen LogP contribution in [0.5, 0.6) is 0 Å². The first kappa shape index (κ1) is 71.4. The number of aliphatic hydroxyl groups is 5. The van der Waals surface area contributed by atoms with Crippen LogP contribution in [-0.4, -0.2) is 87.5 Å². The lowest BCUT2D eigenvalue weighted by molar-refractivity contribution is -0.302. The fraction of sp³-hybridized carbons (Fsp3) is 0.776. The maximum absolute atomic E-state index is 13.0. The van der Waals surface area contributed by atoms with E-state index in [4.69, 9.17) is 9.47 Å². The number of amides is 1. The van der Waals surface area contributed by atoms with Crippen LogP contribution in [0.15, 0.2) is 85.1 Å². The van der Waals surface area contributed by atoms with E-state index in [-0.39, 0.29) is 12.5 Å². The number of carbonyl (C=O) groups excluding carboxylic acids is 1. The van der Waals surface area contributed by atoms with Crippen LogP contribution >= 0.6 is 0 Å². The van der Waals surface area contributed by atoms with Crippen molar-refractivity contribution < 1.29 is 39.8 Å². The average Bonchev–Trinajstić information content (AvgIpc) is 3.42. The van der Waals surface area contributed by atoms with Gasteiger partial charge in [-0.25, -0.2) is 0 Å². The van der Waals surface area contributed by atoms with Crippen molar-refractivity contribution in [3.63, 3.8) is 0 Å². The Labute approximate surface area is 467 Å². The normalized spacial score (nSPS) is 19.4. The molecule has 1 rings (SSSR count). The van der Waals surface area contributed by atoms with Gasteiger partial charge in [-0.15, -0.1) is 0 Å². The monoisotopic (exact) mass is 1070 g/mol. The van der Waals surface area contributed by atoms with Crippen LogP contribution in [0.25, 0.3) is 0 Å². The first-order valence-electron chi connectivity index (χ1n) is 31.8. The van der Waals surface area contributed by atoms with E-state index in [0.29, 0.717) is 6.42 Å². The van der Waals surface area contributed by atoms with Crippen LogP contribution in [0.4, 0.5) is 0 Å². The first-order valence-corrected chi connectivity index (χ1v) is 31.8. The molecular formula is C67H119NO8. The second kappa shape index (κ2) is 55.7. The van der Waals surface area contributed by atoms with Gasteiger partial charge in [0.1, 0.15) is 24.4 Å². The molecule has 0 radical (unpaired) electrons. The van der Waals surface area contributed by atoms with E-state index < -0.39 is 49.5 Å². The lowest BCUT2D eigenvalue weighted by Crippen LogP contribution is -2.60. The smallest absolute Gasteiger partial charge is 0.220 e. The zero-order valence-corrected chi connectivity index (χ0v) is 49.0. The van der Waals surface area contributed by atoms with Crippen LogP contribution < -0.4 is 5.32 Å². The molecule has 9 heteroatoms. The molecule has 0 aliphatic carbocycles. The highest BCUT2D eigenvalue weighted by Crippen LogP contribution is 2.23. The van der Waals surface area contributed by atoms with E-state index in [1.165, 1.54) is 180 Å². The molecule has 0 aromatic carbocycles. The summed E-state index contributed by atoms with van der Waals surface area (Å²) in [5.74, 6) is -0.190. The molecule has 0 aromatic heterocycles. The summed E-state index contributed by atoms with van der Waals surface area (Å²) in [4.78, 5) is 13.0. The number of allylic oxidation sites excluding steroid dienone is 13. The summed E-state index contributed by atoms with van der Waals surface area (Å²) in [6, 6.07) is -0.828. The number of rotatable bonds is 54. The van der Waals surface area contributed by atoms with Crippen molar-refractivity contribution >= 4 is 5.91 Å². The van der Waals surface area contributed by atoms with Crippen molar-refractivity contribution in [2.75, 3.05) is 13.2 Å². The van der Waals surface area contributed by atoms with Crippen molar-refractivity contribution in [2.24, 2.45) is 0 Å². The van der Waals surface area contributed by atoms with E-state index in [2.05, 4.69) is 92.1 Å². The maximum Gasteiger partial charge on any atom is 0.220 e. The number of hydrogen-bond acceptors (Lipinski definition) is 8. The number of ether oxygens (including phenoxy) is 2. The van der Waals surface area contributed by atoms with Gasteiger partial charge in [0.2, 0.25) is 5.91 Å². The predicted molar refractivity (Wildman–Crippen MR) is 322 cm³/mol. The van der Waals surface area contributed by atoms with Gasteiger partial charge < -0.3 is 40.3 Å². The third-order valence-electron chi connectivity index (χ3n) is 14.7. The summed E-state index contributed by atoms with van der Waals surface area (Å²) in [5.41, 5.74) is 0. The Morgan fingerprint density at radius 1 is 0.461 bits per heavy atom. The summed E-state index contributed by atoms with van der Waals surface area (Å²) in [6.45, 7) is 3.60. The summed E-state index contributed by atoms with van der Waals surface area (Å²) in [5, 5.41) is 54.4. The van der Waals surface area contributed by atoms with Gasteiger partial charge in [-0.1, -0.05) is 279 Å². The standard InChI is InChI=1S/C67H119NO8/c1-3-5-7-9-11-13-15-17-18-19-20-21-22-23-24-25-26-27-28-29-30-31-32-33-34-35-36-37-38-39-40-41-42-43-44-45-47-49-51-53-55-57-63(71)68-60(59-75-67-66(74)65(73)64(72)62(58-69)76-67)61(70)56-54-52-50-48-46-16-14-12-10-8-6-4-2/h5,7,10-13,17-18,20-21,46,48,54,56,60-62,64-67,69-70,72-74H,3-4,6,8-9,14-16,19,22-45,47,49-53,55,57-59H2,1-2H3,(H,68,71)/b7-5-,12-10+,13-11-,18-17-,21-20-,48-46+,56-54+. The van der Waals surface area contributed by atoms with Gasteiger partial charge in [-0.3, -0.25) is 4.79 Å². The van der Waals surface area contributed by atoms with Crippen molar-refractivity contribution in [3.05, 3.63) is 85.1 Å². The second-order valence-electron chi connectivity index (χ2n) is 21.8. The van der Waals surface area contributed by atoms with Crippen LogP contribution in [0, 0.1) is 0 Å². The highest BCUT2D eigenvalue weighted by molar-refractivity contribution is 5.76. The fourth-order valence-electron chi connectivity index (χ4n) is 9.70. The van der Waals surface area contributed by atoms with Gasteiger partial charge in [0.05, 0.1) is 25.4 Å². The molecule has 1 fully saturated rings. The van der Waals surface area contributed by atoms with Crippen molar-refractivity contribution in [2.45, 2.75) is 320 Å². The Hall–Kier alpha value is -2.63. The Morgan fingerprint density at radius 3 is 1.26 bits per heavy atom. The Morgan fingerprint density at radius 2 is 0.829 bits per heavy atom. The summed E-state index contributed by atoms with van der Waals surface area (Å²) < 4.78 is 11.2. The summed E-state index contributed by atoms with van der Waals surface area (Å²) in [6.07, 6.45) is 72.8. The van der Waals surface area contributed by atoms with Crippen LogP contribution in [0.2, 0.25) is 0 Å². The van der Waals surface area contributed by atoms with E-state index in [1.54, 1.807) is 6.08 Å². The molecule has 7 atom stereocenters. The van der Waals surface area contributed by atoms with Gasteiger partial charge in [0.15, 0.2) is 6.29 Å². The highest BCUT2D eigenvalue weighted by Gasteiger charge is 2.44. The fourth-order valence-corrected chi connectivity index (χ4v) is 9.70. The predicted octanol–water partition coefficient (Wildman–Crippen LogP) is 16.6. The Kier molecular flexibility index (Phi) is 52.3. The minimum Gasteiger partial charge on any atom is -0.394 e. The van der Waals surface area contributed by atoms with Crippen molar-refractivity contribution in [3.8, 4) is 0 Å². The van der Waals surface area contributed by atoms with E-state index in [1.807, 2.05) is 6.08 Å². The molecule has 0 aromatic rings. The molecule has 440 valence electrons. The lowest BCUT2D eigenvalue weighted by Gasteiger charge is -2.40. The largest absolute Gasteiger partial charge is 0.394 e. The Balaban J connectivity index is 2.01. The van der Waals surface area contributed by atoms with Gasteiger partial charge in [-0.05, 0) is 77.0 Å². The third kappa shape index (κ3) is 44.2. The molecule has 1 saturated heterocycles. The van der Waals surface area contributed by atoms with E-state index in [9.17, 15) is 30.3 Å². The topological polar surface area (TPSA) is 149 Å². The lowest BCUT2D eigenvalue weighted by atomic mass is 9.99. The molecule has 1 amide bonds. The maximum atomic E-state index is 13.0. The van der Waals surface area contributed by atoms with Gasteiger partial charge in [0.25, 0.3) is 0 Å². The zero-order chi connectivity index (χ0) is 55.0. The molecule has 1 aliphatic rings. The molecule has 7 unspecified atom stereocenters. The van der Waals surface area contributed by atoms with Crippen LogP contribution in [0.3, 0.4) is 0 Å². The first-order chi connectivity index (χ1) is 37.3. The van der Waals surface area contributed by atoms with Gasteiger partial charge in [-0.2, -0.15) is 0 Å². The second-order valence-corrected chi connectivity index (χ2v) is 21.8. The molecule has 1 heterocycles. The molecular weight excluding hydrogens is 947 g/mol. The number of nitrogens with one attached hydrogen (secondary N) is 1. The molecule has 76 heavy (non-hydrogen) atoms. The third-order valence-corrected chi connectivity index (χ3v) is 14.7. The van der Waals surface area contributed by atoms with Crippen molar-refractivity contribution in [1.82, 2.24) is 5.32 Å². The Bertz CT molecular complexity index is 1470. The zero-order valence-electron chi connectivity index (χ0n) is 49.0. The van der Waals surface area contributed by atoms with E-state index in [0.717, 1.165) is 77.0 Å². The quantitative estimate of drug-likeness (QED) is 0.0261. The molecule has 0 saturated carbocycles. The van der Waals surface area contributed by atoms with Gasteiger partial charge >= 0.3 is 0 Å². The number of hydrogen-bond donors (Lipinski definition) is 6. The minimum absolute atomic E-state index is 0.190. The molecule has 1 aliphatic heterocycles. The molecule has 6 N–H and O–H groups in total. The van der Waals surface area contributed by atoms with Crippen molar-refractivity contribution in [1.29, 1.82) is 0 Å².